The molecule has 0 fully saturated rings. The molecule has 1 aromatic carbocycles. The number of nitrogens with one attached hydrogen (secondary N) is 2. The van der Waals surface area contributed by atoms with E-state index in [2.05, 4.69) is 15.4 Å². The molecule has 3 rings (SSSR count). The number of benzene rings is 1. The molecule has 1 aliphatic heterocycles. The highest BCUT2D eigenvalue weighted by Crippen LogP contribution is 2.32. The summed E-state index contributed by atoms with van der Waals surface area (Å²) in [6, 6.07) is 2.59. The summed E-state index contributed by atoms with van der Waals surface area (Å²) >= 11 is 6.37. The summed E-state index contributed by atoms with van der Waals surface area (Å²) in [5.41, 5.74) is 0.212. The molecule has 132 valence electrons. The monoisotopic (exact) mass is 383 g/mol. The number of aromatic nitrogens is 2. The van der Waals surface area contributed by atoms with Crippen molar-refractivity contribution in [2.75, 3.05) is 12.9 Å². The van der Waals surface area contributed by atoms with Crippen LogP contribution in [0, 0.1) is 6.92 Å². The molecule has 0 saturated carbocycles. The van der Waals surface area contributed by atoms with Crippen LogP contribution in [0.15, 0.2) is 27.0 Å². The van der Waals surface area contributed by atoms with Gasteiger partial charge >= 0.3 is 0 Å². The molecule has 25 heavy (non-hydrogen) atoms. The Balaban J connectivity index is 2.26. The van der Waals surface area contributed by atoms with Crippen molar-refractivity contribution in [3.05, 3.63) is 49.9 Å². The Morgan fingerprint density at radius 3 is 2.56 bits per heavy atom. The van der Waals surface area contributed by atoms with Gasteiger partial charge in [-0.1, -0.05) is 16.8 Å². The van der Waals surface area contributed by atoms with Crippen LogP contribution in [0.25, 0.3) is 0 Å². The van der Waals surface area contributed by atoms with Crippen molar-refractivity contribution in [1.29, 1.82) is 0 Å². The number of halogens is 1. The Morgan fingerprint density at radius 2 is 2.04 bits per heavy atom. The number of rotatable bonds is 4. The number of carbonyl (C=O) groups is 1. The molecule has 10 heteroatoms. The zero-order valence-corrected chi connectivity index (χ0v) is 14.9. The van der Waals surface area contributed by atoms with Gasteiger partial charge in [-0.25, -0.2) is 8.42 Å². The van der Waals surface area contributed by atoms with E-state index < -0.39 is 21.2 Å². The van der Waals surface area contributed by atoms with Gasteiger partial charge in [-0.15, -0.1) is 0 Å². The minimum atomic E-state index is -3.61. The Morgan fingerprint density at radius 1 is 1.32 bits per heavy atom. The second-order valence-electron chi connectivity index (χ2n) is 5.60. The minimum absolute atomic E-state index is 0.0202. The van der Waals surface area contributed by atoms with Crippen LogP contribution in [-0.2, 0) is 14.7 Å². The van der Waals surface area contributed by atoms with Gasteiger partial charge in [-0.2, -0.15) is 0 Å². The second-order valence-corrected chi connectivity index (χ2v) is 7.96. The summed E-state index contributed by atoms with van der Waals surface area (Å²) in [4.78, 5) is 29.5. The van der Waals surface area contributed by atoms with Crippen LogP contribution in [0.4, 0.5) is 0 Å². The molecular formula is C15H14ClN3O5S. The Hall–Kier alpha value is -2.39. The van der Waals surface area contributed by atoms with Crippen molar-refractivity contribution < 1.29 is 18.0 Å². The Bertz CT molecular complexity index is 1070. The van der Waals surface area contributed by atoms with Gasteiger partial charge in [-0.3, -0.25) is 14.7 Å². The quantitative estimate of drug-likeness (QED) is 0.773. The van der Waals surface area contributed by atoms with Crippen molar-refractivity contribution in [2.24, 2.45) is 5.16 Å². The maximum Gasteiger partial charge on any atom is 0.275 e. The van der Waals surface area contributed by atoms with E-state index in [0.717, 1.165) is 6.26 Å². The SMILES string of the molecule is Cc1[nH][nH]c(=O)c1C(=O)c1ccc(S(C)(=O)=O)c(C2=NOCC2)c1Cl. The zero-order chi connectivity index (χ0) is 18.4. The number of H-pyrrole nitrogens is 2. The third kappa shape index (κ3) is 3.00. The number of carbonyl (C=O) groups excluding carboxylic acids is 1. The highest BCUT2D eigenvalue weighted by molar-refractivity contribution is 7.90. The Labute approximate surface area is 147 Å². The van der Waals surface area contributed by atoms with E-state index in [1.165, 1.54) is 12.1 Å². The van der Waals surface area contributed by atoms with Crippen molar-refractivity contribution in [1.82, 2.24) is 10.2 Å². The first kappa shape index (κ1) is 17.4. The average molecular weight is 384 g/mol. The molecule has 0 atom stereocenters. The lowest BCUT2D eigenvalue weighted by Gasteiger charge is -2.12. The van der Waals surface area contributed by atoms with Crippen molar-refractivity contribution in [3.63, 3.8) is 0 Å². The van der Waals surface area contributed by atoms with Crippen LogP contribution in [0.2, 0.25) is 5.02 Å². The normalized spacial score (nSPS) is 14.3. The summed E-state index contributed by atoms with van der Waals surface area (Å²) in [6.45, 7) is 1.86. The molecule has 0 radical (unpaired) electrons. The fraction of sp³-hybridized carbons (Fsp3) is 0.267. The molecule has 2 aromatic rings. The van der Waals surface area contributed by atoms with Gasteiger partial charge in [0.05, 0.1) is 15.6 Å². The fourth-order valence-electron chi connectivity index (χ4n) is 2.65. The van der Waals surface area contributed by atoms with Gasteiger partial charge in [0.25, 0.3) is 5.56 Å². The maximum atomic E-state index is 12.8. The van der Waals surface area contributed by atoms with Crippen molar-refractivity contribution in [2.45, 2.75) is 18.2 Å². The van der Waals surface area contributed by atoms with Crippen LogP contribution in [0.5, 0.6) is 0 Å². The lowest BCUT2D eigenvalue weighted by atomic mass is 9.99. The fourth-order valence-corrected chi connectivity index (χ4v) is 3.97. The van der Waals surface area contributed by atoms with E-state index in [0.29, 0.717) is 24.4 Å². The second kappa shape index (κ2) is 6.16. The lowest BCUT2D eigenvalue weighted by Crippen LogP contribution is -2.17. The zero-order valence-electron chi connectivity index (χ0n) is 13.3. The van der Waals surface area contributed by atoms with Gasteiger partial charge < -0.3 is 9.94 Å². The van der Waals surface area contributed by atoms with E-state index >= 15 is 0 Å². The number of sulfone groups is 1. The third-order valence-corrected chi connectivity index (χ3v) is 5.37. The first-order valence-electron chi connectivity index (χ1n) is 7.25. The Kier molecular flexibility index (Phi) is 4.29. The van der Waals surface area contributed by atoms with Crippen LogP contribution >= 0.6 is 11.6 Å². The van der Waals surface area contributed by atoms with Gasteiger partial charge in [-0.05, 0) is 19.1 Å². The number of nitrogens with zero attached hydrogens (tertiary/aromatic N) is 1. The summed E-state index contributed by atoms with van der Waals surface area (Å²) < 4.78 is 24.2. The molecule has 8 nitrogen and oxygen atoms in total. The van der Waals surface area contributed by atoms with Crippen molar-refractivity contribution in [3.8, 4) is 0 Å². The summed E-state index contributed by atoms with van der Waals surface area (Å²) in [6.07, 6.45) is 1.41. The topological polar surface area (TPSA) is 121 Å². The molecular weight excluding hydrogens is 370 g/mol. The predicted molar refractivity (Wildman–Crippen MR) is 91.3 cm³/mol. The van der Waals surface area contributed by atoms with Crippen LogP contribution in [0.1, 0.15) is 33.6 Å². The molecule has 0 bridgehead atoms. The predicted octanol–water partition coefficient (Wildman–Crippen LogP) is 1.42. The summed E-state index contributed by atoms with van der Waals surface area (Å²) in [5.74, 6) is -0.606. The molecule has 0 saturated heterocycles. The van der Waals surface area contributed by atoms with Crippen LogP contribution < -0.4 is 5.56 Å². The number of aryl methyl sites for hydroxylation is 1. The molecule has 2 heterocycles. The lowest BCUT2D eigenvalue weighted by molar-refractivity contribution is 0.103. The molecule has 1 aliphatic rings. The smallest absolute Gasteiger partial charge is 0.275 e. The molecule has 0 spiro atoms. The van der Waals surface area contributed by atoms with Gasteiger partial charge in [0.15, 0.2) is 9.84 Å². The van der Waals surface area contributed by atoms with Crippen LogP contribution in [0.3, 0.4) is 0 Å². The number of aromatic amines is 2. The highest BCUT2D eigenvalue weighted by Gasteiger charge is 2.28. The molecule has 1 aromatic heterocycles. The van der Waals surface area contributed by atoms with E-state index in [1.54, 1.807) is 6.92 Å². The molecule has 0 amide bonds. The minimum Gasteiger partial charge on any atom is -0.395 e. The van der Waals surface area contributed by atoms with Crippen LogP contribution in [-0.4, -0.2) is 43.0 Å². The third-order valence-electron chi connectivity index (χ3n) is 3.83. The largest absolute Gasteiger partial charge is 0.395 e. The van der Waals surface area contributed by atoms with E-state index in [9.17, 15) is 18.0 Å². The first-order chi connectivity index (χ1) is 11.7. The standard InChI is InChI=1S/C15H14ClN3O5S/c1-7-11(15(21)18-17-7)14(20)8-3-4-10(25(2,22)23)12(13(8)16)9-5-6-24-19-9/h3-4H,5-6H2,1-2H3,(H2,17,18,21). The van der Waals surface area contributed by atoms with E-state index in [1.807, 2.05) is 0 Å². The maximum absolute atomic E-state index is 12.8. The highest BCUT2D eigenvalue weighted by atomic mass is 35.5. The van der Waals surface area contributed by atoms with Gasteiger partial charge in [0, 0.05) is 29.5 Å². The first-order valence-corrected chi connectivity index (χ1v) is 9.52. The summed E-state index contributed by atoms with van der Waals surface area (Å²) in [5, 5.41) is 8.65. The number of ketones is 1. The van der Waals surface area contributed by atoms with Gasteiger partial charge in [0.1, 0.15) is 12.2 Å². The number of oxime groups is 1. The van der Waals surface area contributed by atoms with E-state index in [4.69, 9.17) is 16.4 Å². The number of hydrogen-bond acceptors (Lipinski definition) is 6. The summed E-state index contributed by atoms with van der Waals surface area (Å²) in [7, 11) is -3.61. The molecule has 0 aliphatic carbocycles. The van der Waals surface area contributed by atoms with Crippen molar-refractivity contribution >= 4 is 32.9 Å². The average Bonchev–Trinajstić information content (AvgIpc) is 3.15. The number of hydrogen-bond donors (Lipinski definition) is 2. The van der Waals surface area contributed by atoms with Gasteiger partial charge in [0.2, 0.25) is 5.78 Å². The molecule has 2 N–H and O–H groups in total. The van der Waals surface area contributed by atoms with E-state index in [-0.39, 0.29) is 26.6 Å². The molecule has 0 unspecified atom stereocenters.